The number of benzene rings is 3. The lowest BCUT2D eigenvalue weighted by Gasteiger charge is -2.52. The molecule has 0 N–H and O–H groups in total. The molecule has 0 spiro atoms. The second kappa shape index (κ2) is 8.52. The van der Waals surface area contributed by atoms with Crippen LogP contribution in [0.2, 0.25) is 10.0 Å². The molecule has 7 aliphatic rings. The number of rotatable bonds is 3. The van der Waals surface area contributed by atoms with Crippen molar-refractivity contribution in [3.05, 3.63) is 111 Å². The maximum absolute atomic E-state index is 14.6. The summed E-state index contributed by atoms with van der Waals surface area (Å²) in [5.41, 5.74) is 2.61. The third-order valence-corrected chi connectivity index (χ3v) is 11.2. The number of hydrazone groups is 1. The number of hydrogen-bond acceptors (Lipinski definition) is 5. The summed E-state index contributed by atoms with van der Waals surface area (Å²) in [6, 6.07) is 20.3. The third kappa shape index (κ3) is 2.99. The van der Waals surface area contributed by atoms with Crippen LogP contribution in [0.1, 0.15) is 34.6 Å². The van der Waals surface area contributed by atoms with E-state index in [9.17, 15) is 19.2 Å². The standard InChI is InChI=1S/C34H23Cl2N3O4/c35-18-11-12-24(23(36)14-18)38-30(40)28-27-19-5-1-3-7-21(19)34(29(28)33(38)43,22-8-4-2-6-20(22)27)15-37-39-31(41)25-16-9-10-17(13-16)26(25)32(39)42/h1-12,14-17,25-29H,13H2/b37-15-/t16-,17-,25-,26+,27?,28-,29-,34?/m0/s1. The highest BCUT2D eigenvalue weighted by molar-refractivity contribution is 6.38. The first-order valence-electron chi connectivity index (χ1n) is 14.5. The minimum absolute atomic E-state index is 0.0486. The van der Waals surface area contributed by atoms with Gasteiger partial charge in [0.25, 0.3) is 11.8 Å². The Morgan fingerprint density at radius 3 is 1.95 bits per heavy atom. The zero-order valence-electron chi connectivity index (χ0n) is 22.6. The minimum atomic E-state index is -1.21. The smallest absolute Gasteiger partial charge is 0.254 e. The predicted molar refractivity (Wildman–Crippen MR) is 160 cm³/mol. The van der Waals surface area contributed by atoms with Crippen molar-refractivity contribution in [1.82, 2.24) is 5.01 Å². The summed E-state index contributed by atoms with van der Waals surface area (Å²) >= 11 is 12.7. The number of carbonyl (C=O) groups excluding carboxylic acids is 4. The zero-order chi connectivity index (χ0) is 29.4. The van der Waals surface area contributed by atoms with Crippen molar-refractivity contribution in [3.8, 4) is 0 Å². The molecule has 7 nitrogen and oxygen atoms in total. The molecule has 1 saturated carbocycles. The van der Waals surface area contributed by atoms with Gasteiger partial charge in [-0.2, -0.15) is 10.1 Å². The largest absolute Gasteiger partial charge is 0.274 e. The van der Waals surface area contributed by atoms with Gasteiger partial charge < -0.3 is 0 Å². The van der Waals surface area contributed by atoms with E-state index in [4.69, 9.17) is 23.2 Å². The average Bonchev–Trinajstić information content (AvgIpc) is 3.75. The van der Waals surface area contributed by atoms with Crippen LogP contribution in [-0.4, -0.2) is 34.9 Å². The maximum atomic E-state index is 14.6. The van der Waals surface area contributed by atoms with Crippen molar-refractivity contribution in [2.75, 3.05) is 4.90 Å². The molecule has 3 fully saturated rings. The lowest BCUT2D eigenvalue weighted by Crippen LogP contribution is -2.55. The summed E-state index contributed by atoms with van der Waals surface area (Å²) in [5, 5.41) is 6.26. The van der Waals surface area contributed by atoms with Crippen LogP contribution in [0, 0.1) is 35.5 Å². The van der Waals surface area contributed by atoms with Gasteiger partial charge in [0.1, 0.15) is 0 Å². The Morgan fingerprint density at radius 1 is 0.744 bits per heavy atom. The molecular formula is C34H23Cl2N3O4. The van der Waals surface area contributed by atoms with Gasteiger partial charge in [-0.1, -0.05) is 83.9 Å². The number of hydrogen-bond donors (Lipinski definition) is 0. The van der Waals surface area contributed by atoms with E-state index in [-0.39, 0.29) is 46.2 Å². The molecule has 9 heteroatoms. The molecule has 2 aliphatic heterocycles. The summed E-state index contributed by atoms with van der Waals surface area (Å²) in [4.78, 5) is 57.3. The number of carbonyl (C=O) groups is 4. The number of allylic oxidation sites excluding steroid dienone is 2. The first-order chi connectivity index (χ1) is 20.8. The molecule has 0 aromatic heterocycles. The summed E-state index contributed by atoms with van der Waals surface area (Å²) < 4.78 is 0. The fourth-order valence-electron chi connectivity index (χ4n) is 9.10. The molecule has 5 aliphatic carbocycles. The number of anilines is 1. The second-order valence-electron chi connectivity index (χ2n) is 12.4. The summed E-state index contributed by atoms with van der Waals surface area (Å²) in [5.74, 6) is -4.02. The van der Waals surface area contributed by atoms with Gasteiger partial charge in [-0.25, -0.2) is 4.90 Å². The highest BCUT2D eigenvalue weighted by Crippen LogP contribution is 2.64. The van der Waals surface area contributed by atoms with Gasteiger partial charge in [-0.3, -0.25) is 19.2 Å². The fraction of sp³-hybridized carbons (Fsp3) is 0.265. The van der Waals surface area contributed by atoms with Gasteiger partial charge in [-0.15, -0.1) is 0 Å². The first kappa shape index (κ1) is 25.4. The number of amides is 4. The lowest BCUT2D eigenvalue weighted by atomic mass is 9.47. The normalized spacial score (nSPS) is 34.4. The predicted octanol–water partition coefficient (Wildman–Crippen LogP) is 5.34. The topological polar surface area (TPSA) is 87.1 Å². The number of fused-ring (bicyclic) bond motifs is 5. The first-order valence-corrected chi connectivity index (χ1v) is 15.2. The Bertz CT molecular complexity index is 1820. The highest BCUT2D eigenvalue weighted by atomic mass is 35.5. The quantitative estimate of drug-likeness (QED) is 0.228. The van der Waals surface area contributed by atoms with Crippen LogP contribution < -0.4 is 4.90 Å². The van der Waals surface area contributed by atoms with E-state index in [1.807, 2.05) is 60.7 Å². The molecule has 2 heterocycles. The molecule has 4 amide bonds. The molecular weight excluding hydrogens is 585 g/mol. The molecule has 4 bridgehead atoms. The fourth-order valence-corrected chi connectivity index (χ4v) is 9.59. The van der Waals surface area contributed by atoms with Crippen molar-refractivity contribution in [2.45, 2.75) is 17.8 Å². The monoisotopic (exact) mass is 607 g/mol. The van der Waals surface area contributed by atoms with Crippen LogP contribution in [0.3, 0.4) is 0 Å². The van der Waals surface area contributed by atoms with Crippen LogP contribution >= 0.6 is 23.2 Å². The third-order valence-electron chi connectivity index (χ3n) is 10.7. The molecule has 3 aromatic rings. The van der Waals surface area contributed by atoms with Crippen LogP contribution in [0.15, 0.2) is 84.0 Å². The molecule has 43 heavy (non-hydrogen) atoms. The van der Waals surface area contributed by atoms with E-state index < -0.39 is 35.0 Å². The molecule has 0 unspecified atom stereocenters. The number of nitrogens with zero attached hydrogens (tertiary/aromatic N) is 3. The van der Waals surface area contributed by atoms with E-state index in [1.165, 1.54) is 11.0 Å². The Hall–Kier alpha value is -4.07. The molecule has 212 valence electrons. The van der Waals surface area contributed by atoms with Gasteiger partial charge in [-0.05, 0) is 58.7 Å². The summed E-state index contributed by atoms with van der Waals surface area (Å²) in [6.45, 7) is 0. The Kier molecular flexibility index (Phi) is 5.04. The second-order valence-corrected chi connectivity index (χ2v) is 13.2. The van der Waals surface area contributed by atoms with E-state index in [0.29, 0.717) is 5.02 Å². The van der Waals surface area contributed by atoms with E-state index >= 15 is 0 Å². The van der Waals surface area contributed by atoms with Gasteiger partial charge in [0.15, 0.2) is 0 Å². The van der Waals surface area contributed by atoms with Gasteiger partial charge >= 0.3 is 0 Å². The zero-order valence-corrected chi connectivity index (χ0v) is 24.1. The summed E-state index contributed by atoms with van der Waals surface area (Å²) in [7, 11) is 0. The molecule has 10 rings (SSSR count). The minimum Gasteiger partial charge on any atom is -0.274 e. The van der Waals surface area contributed by atoms with Crippen molar-refractivity contribution >= 4 is 58.7 Å². The van der Waals surface area contributed by atoms with Gasteiger partial charge in [0.05, 0.1) is 39.8 Å². The average molecular weight is 608 g/mol. The van der Waals surface area contributed by atoms with E-state index in [1.54, 1.807) is 18.3 Å². The number of imide groups is 2. The number of halogens is 2. The molecule has 2 saturated heterocycles. The van der Waals surface area contributed by atoms with Crippen molar-refractivity contribution in [1.29, 1.82) is 0 Å². The Morgan fingerprint density at radius 2 is 1.35 bits per heavy atom. The molecule has 3 aromatic carbocycles. The lowest BCUT2D eigenvalue weighted by molar-refractivity contribution is -0.140. The maximum Gasteiger partial charge on any atom is 0.254 e. The van der Waals surface area contributed by atoms with Gasteiger partial charge in [0, 0.05) is 17.2 Å². The van der Waals surface area contributed by atoms with E-state index in [2.05, 4.69) is 5.10 Å². The van der Waals surface area contributed by atoms with Crippen LogP contribution in [0.25, 0.3) is 0 Å². The van der Waals surface area contributed by atoms with Gasteiger partial charge in [0.2, 0.25) is 11.8 Å². The van der Waals surface area contributed by atoms with E-state index in [0.717, 1.165) is 33.7 Å². The molecule has 6 atom stereocenters. The van der Waals surface area contributed by atoms with Crippen LogP contribution in [0.5, 0.6) is 0 Å². The Labute approximate surface area is 256 Å². The molecule has 0 radical (unpaired) electrons. The Balaban J connectivity index is 1.25. The SMILES string of the molecule is O=C1[C@@H]2[C@H](C(=O)N1/N=C\C13c4ccccc4C(c4ccccc41)[C@@H]1C(=O)N(c4ccc(Cl)cc4Cl)C(=O)[C@H]13)[C@H]1C=C[C@H]2C1. The van der Waals surface area contributed by atoms with Crippen molar-refractivity contribution in [2.24, 2.45) is 40.6 Å². The van der Waals surface area contributed by atoms with Crippen molar-refractivity contribution < 1.29 is 19.2 Å². The van der Waals surface area contributed by atoms with Crippen molar-refractivity contribution in [3.63, 3.8) is 0 Å². The summed E-state index contributed by atoms with van der Waals surface area (Å²) in [6.07, 6.45) is 6.51. The van der Waals surface area contributed by atoms with Crippen LogP contribution in [0.4, 0.5) is 5.69 Å². The van der Waals surface area contributed by atoms with Crippen LogP contribution in [-0.2, 0) is 24.6 Å². The highest BCUT2D eigenvalue weighted by Gasteiger charge is 2.68.